The lowest BCUT2D eigenvalue weighted by molar-refractivity contribution is -0.132. The Hall–Kier alpha value is -3.08. The van der Waals surface area contributed by atoms with E-state index in [1.165, 1.54) is 23.8 Å². The number of thioether (sulfide) groups is 1. The molecule has 5 rings (SSSR count). The van der Waals surface area contributed by atoms with Crippen LogP contribution in [-0.4, -0.2) is 34.1 Å². The van der Waals surface area contributed by atoms with Crippen LogP contribution >= 0.6 is 57.9 Å². The zero-order valence-corrected chi connectivity index (χ0v) is 24.0. The minimum Gasteiger partial charge on any atom is -0.507 e. The molecule has 2 heterocycles. The van der Waals surface area contributed by atoms with Crippen LogP contribution in [0.3, 0.4) is 0 Å². The summed E-state index contributed by atoms with van der Waals surface area (Å²) < 4.78 is 5.75. The summed E-state index contributed by atoms with van der Waals surface area (Å²) in [5, 5.41) is 21.4. The molecule has 1 unspecified atom stereocenters. The van der Waals surface area contributed by atoms with Crippen LogP contribution in [0.2, 0.25) is 15.1 Å². The SMILES string of the molecule is COc1ccc(/C(O)=C2/C(=O)C(=O)N(c3nnc(SCc4ccc(Cl)cc4Cl)s3)C2c2ccc(Cl)cc2)cc1. The van der Waals surface area contributed by atoms with Crippen molar-refractivity contribution in [2.45, 2.75) is 16.1 Å². The third-order valence-corrected chi connectivity index (χ3v) is 8.91. The number of nitrogens with zero attached hydrogens (tertiary/aromatic N) is 3. The molecule has 1 atom stereocenters. The number of anilines is 1. The van der Waals surface area contributed by atoms with E-state index >= 15 is 0 Å². The monoisotopic (exact) mass is 617 g/mol. The van der Waals surface area contributed by atoms with Gasteiger partial charge < -0.3 is 9.84 Å². The highest BCUT2D eigenvalue weighted by Gasteiger charge is 2.48. The Morgan fingerprint density at radius 3 is 2.36 bits per heavy atom. The van der Waals surface area contributed by atoms with Gasteiger partial charge in [-0.2, -0.15) is 0 Å². The summed E-state index contributed by atoms with van der Waals surface area (Å²) in [6.07, 6.45) is 0. The van der Waals surface area contributed by atoms with Gasteiger partial charge in [-0.15, -0.1) is 10.2 Å². The molecule has 198 valence electrons. The maximum atomic E-state index is 13.4. The van der Waals surface area contributed by atoms with Crippen molar-refractivity contribution < 1.29 is 19.4 Å². The fourth-order valence-corrected chi connectivity index (χ4v) is 6.58. The Kier molecular flexibility index (Phi) is 8.16. The maximum absolute atomic E-state index is 13.4. The summed E-state index contributed by atoms with van der Waals surface area (Å²) in [6, 6.07) is 17.6. The van der Waals surface area contributed by atoms with E-state index in [0.29, 0.717) is 42.0 Å². The van der Waals surface area contributed by atoms with Crippen molar-refractivity contribution in [3.05, 3.63) is 104 Å². The van der Waals surface area contributed by atoms with E-state index in [4.69, 9.17) is 39.5 Å². The first-order valence-corrected chi connectivity index (χ1v) is 14.3. The maximum Gasteiger partial charge on any atom is 0.301 e. The number of aliphatic hydroxyl groups excluding tert-OH is 1. The summed E-state index contributed by atoms with van der Waals surface area (Å²) in [5.74, 6) is -0.879. The predicted molar refractivity (Wildman–Crippen MR) is 155 cm³/mol. The smallest absolute Gasteiger partial charge is 0.301 e. The molecule has 0 spiro atoms. The average molecular weight is 619 g/mol. The number of aromatic nitrogens is 2. The van der Waals surface area contributed by atoms with Crippen LogP contribution in [0.1, 0.15) is 22.7 Å². The highest BCUT2D eigenvalue weighted by atomic mass is 35.5. The van der Waals surface area contributed by atoms with Gasteiger partial charge in [0.1, 0.15) is 11.5 Å². The van der Waals surface area contributed by atoms with Crippen molar-refractivity contribution in [3.8, 4) is 5.75 Å². The molecule has 4 aromatic rings. The van der Waals surface area contributed by atoms with Crippen LogP contribution in [-0.2, 0) is 15.3 Å². The first-order valence-electron chi connectivity index (χ1n) is 11.4. The van der Waals surface area contributed by atoms with Gasteiger partial charge in [-0.1, -0.05) is 76.1 Å². The minimum atomic E-state index is -0.944. The molecule has 1 fully saturated rings. The van der Waals surface area contributed by atoms with Gasteiger partial charge in [-0.3, -0.25) is 14.5 Å². The van der Waals surface area contributed by atoms with Crippen LogP contribution < -0.4 is 9.64 Å². The van der Waals surface area contributed by atoms with Crippen molar-refractivity contribution in [2.75, 3.05) is 12.0 Å². The molecular weight excluding hydrogens is 601 g/mol. The lowest BCUT2D eigenvalue weighted by Gasteiger charge is -2.22. The van der Waals surface area contributed by atoms with E-state index in [-0.39, 0.29) is 16.5 Å². The highest BCUT2D eigenvalue weighted by molar-refractivity contribution is 8.00. The van der Waals surface area contributed by atoms with E-state index in [9.17, 15) is 14.7 Å². The first-order chi connectivity index (χ1) is 18.8. The minimum absolute atomic E-state index is 0.0650. The van der Waals surface area contributed by atoms with Crippen LogP contribution in [0.15, 0.2) is 76.6 Å². The van der Waals surface area contributed by atoms with Crippen LogP contribution in [0.25, 0.3) is 5.76 Å². The Labute approximate surface area is 247 Å². The number of ether oxygens (including phenoxy) is 1. The zero-order chi connectivity index (χ0) is 27.7. The largest absolute Gasteiger partial charge is 0.507 e. The van der Waals surface area contributed by atoms with E-state index in [1.54, 1.807) is 60.7 Å². The number of Topliss-reactive ketones (excluding diaryl/α,β-unsaturated/α-hetero) is 1. The molecule has 1 aliphatic rings. The molecule has 1 aliphatic heterocycles. The van der Waals surface area contributed by atoms with Crippen molar-refractivity contribution in [3.63, 3.8) is 0 Å². The summed E-state index contributed by atoms with van der Waals surface area (Å²) in [4.78, 5) is 27.9. The number of ketones is 1. The number of methoxy groups -OCH3 is 1. The van der Waals surface area contributed by atoms with E-state index in [2.05, 4.69) is 10.2 Å². The molecule has 0 aliphatic carbocycles. The number of hydrogen-bond acceptors (Lipinski definition) is 8. The Bertz CT molecular complexity index is 1590. The second kappa shape index (κ2) is 11.6. The van der Waals surface area contributed by atoms with E-state index < -0.39 is 17.7 Å². The number of carbonyl (C=O) groups excluding carboxylic acids is 2. The molecule has 39 heavy (non-hydrogen) atoms. The molecule has 12 heteroatoms. The third-order valence-electron chi connectivity index (χ3n) is 5.96. The molecule has 1 amide bonds. The van der Waals surface area contributed by atoms with Gasteiger partial charge in [0.25, 0.3) is 5.78 Å². The van der Waals surface area contributed by atoms with E-state index in [0.717, 1.165) is 16.9 Å². The number of aliphatic hydroxyl groups is 1. The topological polar surface area (TPSA) is 92.6 Å². The van der Waals surface area contributed by atoms with Gasteiger partial charge in [0, 0.05) is 26.4 Å². The number of hydrogen-bond donors (Lipinski definition) is 1. The van der Waals surface area contributed by atoms with Crippen LogP contribution in [0.4, 0.5) is 5.13 Å². The summed E-state index contributed by atoms with van der Waals surface area (Å²) in [5.41, 5.74) is 1.74. The summed E-state index contributed by atoms with van der Waals surface area (Å²) in [6.45, 7) is 0. The fraction of sp³-hybridized carbons (Fsp3) is 0.111. The molecular formula is C27H18Cl3N3O4S2. The van der Waals surface area contributed by atoms with Gasteiger partial charge in [-0.05, 0) is 59.7 Å². The van der Waals surface area contributed by atoms with Gasteiger partial charge >= 0.3 is 5.91 Å². The Morgan fingerprint density at radius 2 is 1.69 bits per heavy atom. The molecule has 1 saturated heterocycles. The average Bonchev–Trinajstić information content (AvgIpc) is 3.50. The number of amides is 1. The predicted octanol–water partition coefficient (Wildman–Crippen LogP) is 7.43. The molecule has 7 nitrogen and oxygen atoms in total. The molecule has 0 saturated carbocycles. The fourth-order valence-electron chi connectivity index (χ4n) is 4.03. The molecule has 1 aromatic heterocycles. The van der Waals surface area contributed by atoms with Gasteiger partial charge in [0.15, 0.2) is 4.34 Å². The second-order valence-corrected chi connectivity index (χ2v) is 11.8. The van der Waals surface area contributed by atoms with Gasteiger partial charge in [0.05, 0.1) is 18.7 Å². The quantitative estimate of drug-likeness (QED) is 0.0757. The number of rotatable bonds is 7. The summed E-state index contributed by atoms with van der Waals surface area (Å²) in [7, 11) is 1.53. The van der Waals surface area contributed by atoms with Crippen LogP contribution in [0, 0.1) is 0 Å². The molecule has 0 radical (unpaired) electrons. The van der Waals surface area contributed by atoms with E-state index in [1.807, 2.05) is 6.07 Å². The van der Waals surface area contributed by atoms with Crippen molar-refractivity contribution >= 4 is 80.5 Å². The number of halogens is 3. The second-order valence-electron chi connectivity index (χ2n) is 8.32. The lowest BCUT2D eigenvalue weighted by atomic mass is 9.95. The number of carbonyl (C=O) groups is 2. The third kappa shape index (κ3) is 5.64. The molecule has 3 aromatic carbocycles. The van der Waals surface area contributed by atoms with Crippen molar-refractivity contribution in [1.29, 1.82) is 0 Å². The Balaban J connectivity index is 1.52. The normalized spacial score (nSPS) is 16.6. The Morgan fingerprint density at radius 1 is 1.00 bits per heavy atom. The zero-order valence-electron chi connectivity index (χ0n) is 20.1. The standard InChI is InChI=1S/C27H18Cl3N3O4S2/c1-37-19-10-5-15(6-11-19)23(34)21-22(14-2-7-17(28)8-3-14)33(25(36)24(21)35)26-31-32-27(39-26)38-13-16-4-9-18(29)12-20(16)30/h2-12,22,34H,13H2,1H3/b23-21-. The van der Waals surface area contributed by atoms with Crippen LogP contribution in [0.5, 0.6) is 5.75 Å². The summed E-state index contributed by atoms with van der Waals surface area (Å²) >= 11 is 20.9. The molecule has 1 N–H and O–H groups in total. The highest BCUT2D eigenvalue weighted by Crippen LogP contribution is 2.44. The van der Waals surface area contributed by atoms with Gasteiger partial charge in [0.2, 0.25) is 5.13 Å². The van der Waals surface area contributed by atoms with Crippen molar-refractivity contribution in [2.24, 2.45) is 0 Å². The van der Waals surface area contributed by atoms with Gasteiger partial charge in [-0.25, -0.2) is 0 Å². The molecule has 0 bridgehead atoms. The number of benzene rings is 3. The lowest BCUT2D eigenvalue weighted by Crippen LogP contribution is -2.29. The first kappa shape index (κ1) is 27.5. The van der Waals surface area contributed by atoms with Crippen molar-refractivity contribution in [1.82, 2.24) is 10.2 Å².